The van der Waals surface area contributed by atoms with Crippen molar-refractivity contribution in [2.75, 3.05) is 6.26 Å². The topological polar surface area (TPSA) is 17.1 Å². The molecule has 4 heteroatoms. The largest absolute Gasteiger partial charge is 0.276 e. The van der Waals surface area contributed by atoms with Gasteiger partial charge < -0.3 is 0 Å². The molecule has 0 atom stereocenters. The molecule has 0 saturated heterocycles. The fourth-order valence-corrected chi connectivity index (χ4v) is 0.702. The van der Waals surface area contributed by atoms with Gasteiger partial charge in [-0.05, 0) is 17.9 Å². The molecule has 0 amide bonds. The van der Waals surface area contributed by atoms with Crippen LogP contribution in [0.25, 0.3) is 0 Å². The van der Waals surface area contributed by atoms with Gasteiger partial charge in [0, 0.05) is 6.08 Å². The second kappa shape index (κ2) is 4.24. The maximum absolute atomic E-state index is 10.0. The highest BCUT2D eigenvalue weighted by Gasteiger charge is 1.90. The Balaban J connectivity index is 3.75. The van der Waals surface area contributed by atoms with E-state index in [0.717, 1.165) is 6.08 Å². The molecule has 0 aliphatic rings. The van der Waals surface area contributed by atoms with Crippen molar-refractivity contribution < 1.29 is 4.79 Å². The molecule has 0 aromatic rings. The zero-order valence-corrected chi connectivity index (χ0v) is 6.48. The van der Waals surface area contributed by atoms with E-state index in [1.165, 1.54) is 11.8 Å². The number of rotatable bonds is 2. The zero-order chi connectivity index (χ0) is 6.57. The molecular formula is C4H4Cl2OS. The van der Waals surface area contributed by atoms with Gasteiger partial charge in [-0.3, -0.25) is 4.79 Å². The highest BCUT2D eigenvalue weighted by molar-refractivity contribution is 8.03. The summed E-state index contributed by atoms with van der Waals surface area (Å²) in [4.78, 5) is 10.0. The van der Waals surface area contributed by atoms with Gasteiger partial charge in [0.15, 0.2) is 0 Å². The van der Waals surface area contributed by atoms with Crippen LogP contribution >= 0.6 is 35.0 Å². The Bertz CT molecular complexity index is 121. The summed E-state index contributed by atoms with van der Waals surface area (Å²) >= 11 is 11.6. The molecule has 0 aromatic heterocycles. The molecule has 0 unspecified atom stereocenters. The third-order valence-corrected chi connectivity index (χ3v) is 1.61. The van der Waals surface area contributed by atoms with Gasteiger partial charge in [0.2, 0.25) is 5.24 Å². The number of allylic oxidation sites excluding steroid dienone is 1. The Hall–Kier alpha value is 0.340. The maximum atomic E-state index is 10.0. The van der Waals surface area contributed by atoms with Crippen molar-refractivity contribution in [1.29, 1.82) is 0 Å². The van der Waals surface area contributed by atoms with E-state index in [4.69, 9.17) is 23.2 Å². The van der Waals surface area contributed by atoms with Gasteiger partial charge in [-0.25, -0.2) is 0 Å². The third-order valence-electron chi connectivity index (χ3n) is 0.422. The minimum Gasteiger partial charge on any atom is -0.276 e. The zero-order valence-electron chi connectivity index (χ0n) is 4.15. The molecule has 0 rings (SSSR count). The smallest absolute Gasteiger partial charge is 0.247 e. The monoisotopic (exact) mass is 170 g/mol. The fourth-order valence-electron chi connectivity index (χ4n) is 0.148. The Labute approximate surface area is 62.0 Å². The van der Waals surface area contributed by atoms with Crippen LogP contribution in [-0.4, -0.2) is 11.5 Å². The lowest BCUT2D eigenvalue weighted by Gasteiger charge is -1.83. The molecule has 0 aliphatic carbocycles. The number of carbonyl (C=O) groups is 1. The second-order valence-electron chi connectivity index (χ2n) is 0.957. The van der Waals surface area contributed by atoms with Gasteiger partial charge in [-0.2, -0.15) is 0 Å². The number of hydrogen-bond acceptors (Lipinski definition) is 2. The highest BCUT2D eigenvalue weighted by Crippen LogP contribution is 2.15. The maximum Gasteiger partial charge on any atom is 0.247 e. The average molecular weight is 171 g/mol. The van der Waals surface area contributed by atoms with Gasteiger partial charge in [-0.15, -0.1) is 11.8 Å². The first-order valence-electron chi connectivity index (χ1n) is 1.77. The van der Waals surface area contributed by atoms with E-state index < -0.39 is 5.24 Å². The molecule has 46 valence electrons. The molecule has 0 fully saturated rings. The summed E-state index contributed by atoms with van der Waals surface area (Å²) in [6.45, 7) is 0. The SMILES string of the molecule is CS/C(Cl)=C/C(=O)Cl. The molecule has 8 heavy (non-hydrogen) atoms. The number of thioether (sulfide) groups is 1. The van der Waals surface area contributed by atoms with Gasteiger partial charge in [-0.1, -0.05) is 11.6 Å². The van der Waals surface area contributed by atoms with Crippen molar-refractivity contribution in [3.05, 3.63) is 10.4 Å². The van der Waals surface area contributed by atoms with Crippen LogP contribution in [0, 0.1) is 0 Å². The molecule has 0 aromatic carbocycles. The first kappa shape index (κ1) is 8.34. The normalized spacial score (nSPS) is 11.6. The predicted octanol–water partition coefficient (Wildman–Crippen LogP) is 2.20. The minimum atomic E-state index is -0.538. The van der Waals surface area contributed by atoms with Crippen molar-refractivity contribution in [3.8, 4) is 0 Å². The lowest BCUT2D eigenvalue weighted by molar-refractivity contribution is -0.107. The minimum absolute atomic E-state index is 0.407. The van der Waals surface area contributed by atoms with Crippen LogP contribution in [0.4, 0.5) is 0 Å². The third kappa shape index (κ3) is 4.50. The standard InChI is InChI=1S/C4H4Cl2OS/c1-8-4(6)2-3(5)7/h2H,1H3/b4-2+. The highest BCUT2D eigenvalue weighted by atomic mass is 35.5. The van der Waals surface area contributed by atoms with E-state index in [0.29, 0.717) is 4.36 Å². The lowest BCUT2D eigenvalue weighted by atomic mass is 10.7. The Morgan fingerprint density at radius 1 is 1.62 bits per heavy atom. The van der Waals surface area contributed by atoms with Crippen molar-refractivity contribution in [2.24, 2.45) is 0 Å². The summed E-state index contributed by atoms with van der Waals surface area (Å²) < 4.78 is 0.407. The first-order chi connectivity index (χ1) is 3.66. The van der Waals surface area contributed by atoms with Gasteiger partial charge >= 0.3 is 0 Å². The average Bonchev–Trinajstić information content (AvgIpc) is 1.65. The van der Waals surface area contributed by atoms with Crippen LogP contribution in [0.5, 0.6) is 0 Å². The number of halogens is 2. The van der Waals surface area contributed by atoms with Gasteiger partial charge in [0.25, 0.3) is 0 Å². The van der Waals surface area contributed by atoms with Gasteiger partial charge in [0.1, 0.15) is 0 Å². The molecule has 0 spiro atoms. The summed E-state index contributed by atoms with van der Waals surface area (Å²) in [7, 11) is 0. The summed E-state index contributed by atoms with van der Waals surface area (Å²) in [5.41, 5.74) is 0. The van der Waals surface area contributed by atoms with E-state index >= 15 is 0 Å². The number of carbonyl (C=O) groups excluding carboxylic acids is 1. The number of hydrogen-bond donors (Lipinski definition) is 0. The molecule has 0 radical (unpaired) electrons. The van der Waals surface area contributed by atoms with E-state index in [1.807, 2.05) is 0 Å². The molecule has 0 N–H and O–H groups in total. The van der Waals surface area contributed by atoms with Crippen LogP contribution in [0.15, 0.2) is 10.4 Å². The summed E-state index contributed by atoms with van der Waals surface area (Å²) in [6, 6.07) is 0. The molecular weight excluding hydrogens is 167 g/mol. The van der Waals surface area contributed by atoms with Crippen LogP contribution in [-0.2, 0) is 4.79 Å². The lowest BCUT2D eigenvalue weighted by Crippen LogP contribution is -1.74. The predicted molar refractivity (Wildman–Crippen MR) is 38.3 cm³/mol. The van der Waals surface area contributed by atoms with E-state index in [-0.39, 0.29) is 0 Å². The Morgan fingerprint density at radius 2 is 2.12 bits per heavy atom. The quantitative estimate of drug-likeness (QED) is 0.468. The molecule has 1 nitrogen and oxygen atoms in total. The molecule has 0 bridgehead atoms. The van der Waals surface area contributed by atoms with Crippen LogP contribution in [0.3, 0.4) is 0 Å². The van der Waals surface area contributed by atoms with Crippen LogP contribution in [0.2, 0.25) is 0 Å². The van der Waals surface area contributed by atoms with Crippen LogP contribution in [0.1, 0.15) is 0 Å². The first-order valence-corrected chi connectivity index (χ1v) is 3.75. The van der Waals surface area contributed by atoms with Crippen LogP contribution < -0.4 is 0 Å². The van der Waals surface area contributed by atoms with Crippen molar-refractivity contribution in [2.45, 2.75) is 0 Å². The van der Waals surface area contributed by atoms with E-state index in [2.05, 4.69) is 0 Å². The molecule has 0 heterocycles. The molecule has 0 saturated carbocycles. The second-order valence-corrected chi connectivity index (χ2v) is 2.81. The van der Waals surface area contributed by atoms with Crippen molar-refractivity contribution in [3.63, 3.8) is 0 Å². The van der Waals surface area contributed by atoms with Crippen molar-refractivity contribution in [1.82, 2.24) is 0 Å². The summed E-state index contributed by atoms with van der Waals surface area (Å²) in [5.74, 6) is 0. The van der Waals surface area contributed by atoms with Gasteiger partial charge in [0.05, 0.1) is 4.36 Å². The van der Waals surface area contributed by atoms with Crippen molar-refractivity contribution >= 4 is 40.2 Å². The Morgan fingerprint density at radius 3 is 2.25 bits per heavy atom. The fraction of sp³-hybridized carbons (Fsp3) is 0.250. The van der Waals surface area contributed by atoms with E-state index in [9.17, 15) is 4.79 Å². The summed E-state index contributed by atoms with van der Waals surface area (Å²) in [5, 5.41) is -0.538. The summed E-state index contributed by atoms with van der Waals surface area (Å²) in [6.07, 6.45) is 2.92. The van der Waals surface area contributed by atoms with E-state index in [1.54, 1.807) is 6.26 Å². The Kier molecular flexibility index (Phi) is 4.42. The molecule has 0 aliphatic heterocycles.